The van der Waals surface area contributed by atoms with E-state index < -0.39 is 24.3 Å². The third kappa shape index (κ3) is 4.37. The number of carbonyl (C=O) groups is 1. The van der Waals surface area contributed by atoms with E-state index in [1.807, 2.05) is 0 Å². The average molecular weight is 386 g/mol. The molecule has 146 valence electrons. The normalized spacial score (nSPS) is 21.3. The van der Waals surface area contributed by atoms with E-state index in [0.29, 0.717) is 17.7 Å². The van der Waals surface area contributed by atoms with Crippen molar-refractivity contribution in [1.82, 2.24) is 14.9 Å². The van der Waals surface area contributed by atoms with Gasteiger partial charge >= 0.3 is 6.36 Å². The number of likely N-dealkylation sites (tertiary alicyclic amines) is 1. The van der Waals surface area contributed by atoms with Gasteiger partial charge in [0.1, 0.15) is 30.1 Å². The Balaban J connectivity index is 1.77. The zero-order chi connectivity index (χ0) is 19.8. The molecule has 27 heavy (non-hydrogen) atoms. The molecule has 0 bridgehead atoms. The number of hydrogen-bond acceptors (Lipinski definition) is 5. The van der Waals surface area contributed by atoms with E-state index in [-0.39, 0.29) is 23.9 Å². The van der Waals surface area contributed by atoms with Crippen LogP contribution in [0.2, 0.25) is 0 Å². The van der Waals surface area contributed by atoms with Crippen LogP contribution in [-0.4, -0.2) is 52.4 Å². The Morgan fingerprint density at radius 3 is 2.70 bits per heavy atom. The van der Waals surface area contributed by atoms with Crippen LogP contribution in [0.25, 0.3) is 10.9 Å². The zero-order valence-electron chi connectivity index (χ0n) is 14.6. The van der Waals surface area contributed by atoms with Gasteiger partial charge in [0.05, 0.1) is 12.1 Å². The molecule has 0 radical (unpaired) electrons. The lowest BCUT2D eigenvalue weighted by atomic mass is 10.1. The average Bonchev–Trinajstić information content (AvgIpc) is 2.91. The fraction of sp³-hybridized carbons (Fsp3) is 0.471. The number of amides is 1. The first kappa shape index (κ1) is 19.1. The summed E-state index contributed by atoms with van der Waals surface area (Å²) in [6.45, 7) is 3.76. The predicted octanol–water partition coefficient (Wildman–Crippen LogP) is 3.15. The molecule has 0 saturated carbocycles. The van der Waals surface area contributed by atoms with Gasteiger partial charge in [0, 0.05) is 23.9 Å². The maximum Gasteiger partial charge on any atom is 0.573 e. The minimum atomic E-state index is -4.80. The molecule has 1 N–H and O–H groups in total. The smallest absolute Gasteiger partial charge is 0.406 e. The number of alkyl halides is 4. The highest BCUT2D eigenvalue weighted by molar-refractivity contribution is 5.92. The number of aromatic nitrogens is 2. The van der Waals surface area contributed by atoms with E-state index in [1.54, 1.807) is 13.8 Å². The van der Waals surface area contributed by atoms with Crippen LogP contribution in [0.5, 0.6) is 5.75 Å². The van der Waals surface area contributed by atoms with Gasteiger partial charge in [-0.05, 0) is 19.1 Å². The van der Waals surface area contributed by atoms with Crippen LogP contribution in [0.15, 0.2) is 24.5 Å². The van der Waals surface area contributed by atoms with Gasteiger partial charge < -0.3 is 15.0 Å². The first-order chi connectivity index (χ1) is 12.6. The van der Waals surface area contributed by atoms with Gasteiger partial charge in [-0.25, -0.2) is 14.4 Å². The van der Waals surface area contributed by atoms with Gasteiger partial charge in [0.2, 0.25) is 5.91 Å². The molecule has 2 unspecified atom stereocenters. The standard InChI is InChI=1S/C17H18F4N4O2/c1-9-6-25(7-13(9)18)16(26)10(2)24-15-12-4-3-11(27-17(19,20)21)5-14(12)22-8-23-15/h3-5,8-10,13H,6-7H2,1-2H3,(H,22,23,24)/t9?,10-,13?/m1/s1. The number of benzene rings is 1. The number of carbonyl (C=O) groups excluding carboxylic acids is 1. The highest BCUT2D eigenvalue weighted by Crippen LogP contribution is 2.28. The van der Waals surface area contributed by atoms with Gasteiger partial charge in [-0.1, -0.05) is 6.92 Å². The van der Waals surface area contributed by atoms with E-state index in [4.69, 9.17) is 0 Å². The Morgan fingerprint density at radius 2 is 2.07 bits per heavy atom. The molecule has 1 aliphatic heterocycles. The Morgan fingerprint density at radius 1 is 1.33 bits per heavy atom. The molecule has 2 aromatic rings. The minimum absolute atomic E-state index is 0.0503. The van der Waals surface area contributed by atoms with Crippen molar-refractivity contribution in [3.8, 4) is 5.75 Å². The summed E-state index contributed by atoms with van der Waals surface area (Å²) >= 11 is 0. The zero-order valence-corrected chi connectivity index (χ0v) is 14.6. The van der Waals surface area contributed by atoms with Crippen molar-refractivity contribution >= 4 is 22.6 Å². The molecule has 1 aromatic heterocycles. The highest BCUT2D eigenvalue weighted by atomic mass is 19.4. The third-order valence-electron chi connectivity index (χ3n) is 4.40. The van der Waals surface area contributed by atoms with Crippen LogP contribution < -0.4 is 10.1 Å². The molecular formula is C17H18F4N4O2. The number of nitrogens with zero attached hydrogens (tertiary/aromatic N) is 3. The second-order valence-electron chi connectivity index (χ2n) is 6.55. The largest absolute Gasteiger partial charge is 0.573 e. The summed E-state index contributed by atoms with van der Waals surface area (Å²) in [5.74, 6) is -0.592. The van der Waals surface area contributed by atoms with Crippen molar-refractivity contribution in [3.63, 3.8) is 0 Å². The lowest BCUT2D eigenvalue weighted by molar-refractivity contribution is -0.274. The fourth-order valence-corrected chi connectivity index (χ4v) is 3.00. The van der Waals surface area contributed by atoms with Gasteiger partial charge in [0.15, 0.2) is 0 Å². The third-order valence-corrected chi connectivity index (χ3v) is 4.40. The predicted molar refractivity (Wildman–Crippen MR) is 89.9 cm³/mol. The molecular weight excluding hydrogens is 368 g/mol. The van der Waals surface area contributed by atoms with Gasteiger partial charge in [-0.2, -0.15) is 0 Å². The van der Waals surface area contributed by atoms with Crippen LogP contribution in [0.4, 0.5) is 23.4 Å². The second-order valence-corrected chi connectivity index (χ2v) is 6.55. The fourth-order valence-electron chi connectivity index (χ4n) is 3.00. The number of rotatable bonds is 4. The number of ether oxygens (including phenoxy) is 1. The molecule has 3 rings (SSSR count). The maximum absolute atomic E-state index is 13.7. The van der Waals surface area contributed by atoms with Crippen LogP contribution in [0.1, 0.15) is 13.8 Å². The summed E-state index contributed by atoms with van der Waals surface area (Å²) in [5.41, 5.74) is 0.229. The van der Waals surface area contributed by atoms with Crippen LogP contribution in [0, 0.1) is 5.92 Å². The molecule has 1 aliphatic rings. The van der Waals surface area contributed by atoms with E-state index in [1.165, 1.54) is 17.3 Å². The second kappa shape index (κ2) is 7.16. The SMILES string of the molecule is CC1CN(C(=O)[C@@H](C)Nc2ncnc3cc(OC(F)(F)F)ccc23)CC1F. The summed E-state index contributed by atoms with van der Waals surface area (Å²) < 4.78 is 54.6. The molecule has 2 heterocycles. The monoisotopic (exact) mass is 386 g/mol. The van der Waals surface area contributed by atoms with Crippen molar-refractivity contribution in [1.29, 1.82) is 0 Å². The lowest BCUT2D eigenvalue weighted by Crippen LogP contribution is -2.40. The van der Waals surface area contributed by atoms with Gasteiger partial charge in [0.25, 0.3) is 0 Å². The quantitative estimate of drug-likeness (QED) is 0.818. The molecule has 3 atom stereocenters. The van der Waals surface area contributed by atoms with Gasteiger partial charge in [-0.3, -0.25) is 4.79 Å². The van der Waals surface area contributed by atoms with Crippen molar-refractivity contribution in [2.24, 2.45) is 5.92 Å². The topological polar surface area (TPSA) is 67.4 Å². The Hall–Kier alpha value is -2.65. The number of nitrogens with one attached hydrogen (secondary N) is 1. The van der Waals surface area contributed by atoms with E-state index in [2.05, 4.69) is 20.0 Å². The molecule has 10 heteroatoms. The molecule has 1 fully saturated rings. The summed E-state index contributed by atoms with van der Waals surface area (Å²) in [6.07, 6.45) is -4.67. The maximum atomic E-state index is 13.7. The first-order valence-corrected chi connectivity index (χ1v) is 8.34. The van der Waals surface area contributed by atoms with Crippen molar-refractivity contribution in [2.45, 2.75) is 32.4 Å². The molecule has 1 saturated heterocycles. The highest BCUT2D eigenvalue weighted by Gasteiger charge is 2.34. The lowest BCUT2D eigenvalue weighted by Gasteiger charge is -2.22. The van der Waals surface area contributed by atoms with E-state index in [0.717, 1.165) is 12.1 Å². The molecule has 6 nitrogen and oxygen atoms in total. The molecule has 1 aromatic carbocycles. The molecule has 0 aliphatic carbocycles. The van der Waals surface area contributed by atoms with Gasteiger partial charge in [-0.15, -0.1) is 13.2 Å². The summed E-state index contributed by atoms with van der Waals surface area (Å²) in [6, 6.07) is 2.97. The van der Waals surface area contributed by atoms with E-state index >= 15 is 0 Å². The number of fused-ring (bicyclic) bond motifs is 1. The number of hydrogen-bond donors (Lipinski definition) is 1. The van der Waals surface area contributed by atoms with Crippen molar-refractivity contribution < 1.29 is 27.1 Å². The van der Waals surface area contributed by atoms with Crippen molar-refractivity contribution in [2.75, 3.05) is 18.4 Å². The van der Waals surface area contributed by atoms with Crippen LogP contribution >= 0.6 is 0 Å². The Bertz CT molecular complexity index is 835. The number of halogens is 4. The van der Waals surface area contributed by atoms with E-state index in [9.17, 15) is 22.4 Å². The Kier molecular flexibility index (Phi) is 5.07. The Labute approximate surface area is 152 Å². The van der Waals surface area contributed by atoms with Crippen LogP contribution in [0.3, 0.4) is 0 Å². The molecule has 1 amide bonds. The summed E-state index contributed by atoms with van der Waals surface area (Å²) in [5, 5.41) is 3.37. The summed E-state index contributed by atoms with van der Waals surface area (Å²) in [7, 11) is 0. The summed E-state index contributed by atoms with van der Waals surface area (Å²) in [4.78, 5) is 21.9. The first-order valence-electron chi connectivity index (χ1n) is 8.34. The minimum Gasteiger partial charge on any atom is -0.406 e. The van der Waals surface area contributed by atoms with Crippen LogP contribution in [-0.2, 0) is 4.79 Å². The van der Waals surface area contributed by atoms with Crippen molar-refractivity contribution in [3.05, 3.63) is 24.5 Å². The molecule has 0 spiro atoms. The number of anilines is 1.